The third-order valence-corrected chi connectivity index (χ3v) is 4.00. The molecular formula is C11H19BrN2S. The summed E-state index contributed by atoms with van der Waals surface area (Å²) in [5.41, 5.74) is 0. The lowest BCUT2D eigenvalue weighted by Crippen LogP contribution is -2.36. The second-order valence-electron chi connectivity index (χ2n) is 3.84. The van der Waals surface area contributed by atoms with Gasteiger partial charge < -0.3 is 10.2 Å². The summed E-state index contributed by atoms with van der Waals surface area (Å²) >= 11 is 5.27. The van der Waals surface area contributed by atoms with Gasteiger partial charge in [-0.15, -0.1) is 11.3 Å². The van der Waals surface area contributed by atoms with E-state index in [0.717, 1.165) is 19.6 Å². The number of thiophene rings is 1. The average molecular weight is 291 g/mol. The summed E-state index contributed by atoms with van der Waals surface area (Å²) in [6.07, 6.45) is 0. The van der Waals surface area contributed by atoms with Crippen molar-refractivity contribution in [3.8, 4) is 0 Å². The predicted octanol–water partition coefficient (Wildman–Crippen LogP) is 2.94. The number of rotatable bonds is 6. The van der Waals surface area contributed by atoms with Crippen LogP contribution in [0.4, 0.5) is 0 Å². The molecule has 0 radical (unpaired) electrons. The summed E-state index contributed by atoms with van der Waals surface area (Å²) in [4.78, 5) is 3.70. The second kappa shape index (κ2) is 6.63. The zero-order valence-electron chi connectivity index (χ0n) is 9.59. The summed E-state index contributed by atoms with van der Waals surface area (Å²) < 4.78 is 1.21. The lowest BCUT2D eigenvalue weighted by molar-refractivity contribution is 0.310. The maximum atomic E-state index is 3.53. The summed E-state index contributed by atoms with van der Waals surface area (Å²) in [6, 6.07) is 4.80. The van der Waals surface area contributed by atoms with Gasteiger partial charge in [-0.2, -0.15) is 0 Å². The number of nitrogens with one attached hydrogen (secondary N) is 1. The summed E-state index contributed by atoms with van der Waals surface area (Å²) in [5, 5.41) is 3.53. The first-order chi connectivity index (χ1) is 7.11. The van der Waals surface area contributed by atoms with Crippen molar-refractivity contribution >= 4 is 27.3 Å². The number of halogens is 1. The van der Waals surface area contributed by atoms with Gasteiger partial charge in [0, 0.05) is 24.0 Å². The van der Waals surface area contributed by atoms with Crippen molar-refractivity contribution in [2.75, 3.05) is 20.1 Å². The molecule has 1 atom stereocenters. The smallest absolute Gasteiger partial charge is 0.0701 e. The van der Waals surface area contributed by atoms with Crippen LogP contribution in [0.5, 0.6) is 0 Å². The van der Waals surface area contributed by atoms with E-state index in [-0.39, 0.29) is 0 Å². The largest absolute Gasteiger partial charge is 0.308 e. The number of hydrogen-bond donors (Lipinski definition) is 1. The van der Waals surface area contributed by atoms with Gasteiger partial charge in [-0.25, -0.2) is 0 Å². The molecule has 1 heterocycles. The zero-order valence-corrected chi connectivity index (χ0v) is 12.0. The molecule has 15 heavy (non-hydrogen) atoms. The Kier molecular flexibility index (Phi) is 5.82. The minimum atomic E-state index is 0.538. The van der Waals surface area contributed by atoms with Crippen molar-refractivity contribution in [3.63, 3.8) is 0 Å². The Labute approximate surface area is 105 Å². The number of hydrogen-bond acceptors (Lipinski definition) is 3. The fraction of sp³-hybridized carbons (Fsp3) is 0.636. The summed E-state index contributed by atoms with van der Waals surface area (Å²) in [6.45, 7) is 7.59. The van der Waals surface area contributed by atoms with Crippen LogP contribution in [-0.2, 0) is 6.54 Å². The molecule has 2 nitrogen and oxygen atoms in total. The van der Waals surface area contributed by atoms with Crippen LogP contribution in [0.15, 0.2) is 15.9 Å². The van der Waals surface area contributed by atoms with Gasteiger partial charge in [-0.3, -0.25) is 0 Å². The molecule has 1 rings (SSSR count). The Hall–Kier alpha value is 0.1000. The average Bonchev–Trinajstić information content (AvgIpc) is 2.61. The summed E-state index contributed by atoms with van der Waals surface area (Å²) in [5.74, 6) is 0. The van der Waals surface area contributed by atoms with E-state index in [1.807, 2.05) is 0 Å². The van der Waals surface area contributed by atoms with Crippen LogP contribution in [-0.4, -0.2) is 31.1 Å². The van der Waals surface area contributed by atoms with Crippen LogP contribution in [0, 0.1) is 0 Å². The fourth-order valence-corrected chi connectivity index (χ4v) is 2.82. The highest BCUT2D eigenvalue weighted by Crippen LogP contribution is 2.21. The molecule has 0 bridgehead atoms. The Bertz CT molecular complexity index is 288. The molecule has 0 aliphatic heterocycles. The van der Waals surface area contributed by atoms with Crippen LogP contribution in [0.1, 0.15) is 18.7 Å². The van der Waals surface area contributed by atoms with E-state index in [9.17, 15) is 0 Å². The maximum absolute atomic E-state index is 3.53. The van der Waals surface area contributed by atoms with Crippen LogP contribution >= 0.6 is 27.3 Å². The Morgan fingerprint density at radius 2 is 2.27 bits per heavy atom. The molecule has 0 saturated carbocycles. The first-order valence-corrected chi connectivity index (χ1v) is 6.89. The molecule has 0 saturated heterocycles. The van der Waals surface area contributed by atoms with Gasteiger partial charge in [-0.05, 0) is 48.6 Å². The number of likely N-dealkylation sites (N-methyl/N-ethyl adjacent to an activating group) is 1. The van der Waals surface area contributed by atoms with Gasteiger partial charge in [0.1, 0.15) is 0 Å². The monoisotopic (exact) mass is 290 g/mol. The van der Waals surface area contributed by atoms with Gasteiger partial charge in [0.25, 0.3) is 0 Å². The van der Waals surface area contributed by atoms with E-state index in [4.69, 9.17) is 0 Å². The molecule has 0 aliphatic carbocycles. The van der Waals surface area contributed by atoms with Crippen LogP contribution in [0.3, 0.4) is 0 Å². The van der Waals surface area contributed by atoms with Gasteiger partial charge >= 0.3 is 0 Å². The standard InChI is InChI=1S/C11H19BrN2S/c1-4-14(3)8-9(2)13-7-10-5-6-11(12)15-10/h5-6,9,13H,4,7-8H2,1-3H3. The molecule has 0 aliphatic rings. The van der Waals surface area contributed by atoms with E-state index in [1.54, 1.807) is 11.3 Å². The Morgan fingerprint density at radius 3 is 2.80 bits per heavy atom. The topological polar surface area (TPSA) is 15.3 Å². The van der Waals surface area contributed by atoms with E-state index < -0.39 is 0 Å². The zero-order chi connectivity index (χ0) is 11.3. The highest BCUT2D eigenvalue weighted by molar-refractivity contribution is 9.11. The van der Waals surface area contributed by atoms with Crippen LogP contribution < -0.4 is 5.32 Å². The van der Waals surface area contributed by atoms with Crippen molar-refractivity contribution in [3.05, 3.63) is 20.8 Å². The minimum Gasteiger partial charge on any atom is -0.308 e. The van der Waals surface area contributed by atoms with Crippen molar-refractivity contribution in [1.29, 1.82) is 0 Å². The molecule has 0 spiro atoms. The van der Waals surface area contributed by atoms with Gasteiger partial charge in [0.2, 0.25) is 0 Å². The van der Waals surface area contributed by atoms with E-state index in [2.05, 4.69) is 59.2 Å². The normalized spacial score (nSPS) is 13.4. The molecule has 0 fully saturated rings. The Balaban J connectivity index is 2.25. The molecule has 1 unspecified atom stereocenters. The SMILES string of the molecule is CCN(C)CC(C)NCc1ccc(Br)s1. The third kappa shape index (κ3) is 5.11. The predicted molar refractivity (Wildman–Crippen MR) is 71.5 cm³/mol. The van der Waals surface area contributed by atoms with Gasteiger partial charge in [0.15, 0.2) is 0 Å². The first kappa shape index (κ1) is 13.2. The molecule has 1 aromatic heterocycles. The lowest BCUT2D eigenvalue weighted by Gasteiger charge is -2.20. The van der Waals surface area contributed by atoms with E-state index in [0.29, 0.717) is 6.04 Å². The highest BCUT2D eigenvalue weighted by Gasteiger charge is 2.05. The molecule has 4 heteroatoms. The molecule has 0 amide bonds. The maximum Gasteiger partial charge on any atom is 0.0701 e. The van der Waals surface area contributed by atoms with E-state index >= 15 is 0 Å². The fourth-order valence-electron chi connectivity index (χ4n) is 1.38. The quantitative estimate of drug-likeness (QED) is 0.867. The first-order valence-electron chi connectivity index (χ1n) is 5.28. The van der Waals surface area contributed by atoms with Crippen LogP contribution in [0.2, 0.25) is 0 Å². The molecule has 86 valence electrons. The lowest BCUT2D eigenvalue weighted by atomic mass is 10.3. The second-order valence-corrected chi connectivity index (χ2v) is 6.39. The Morgan fingerprint density at radius 1 is 1.53 bits per heavy atom. The van der Waals surface area contributed by atoms with Gasteiger partial charge in [0.05, 0.1) is 3.79 Å². The van der Waals surface area contributed by atoms with Crippen molar-refractivity contribution in [1.82, 2.24) is 10.2 Å². The molecular weight excluding hydrogens is 272 g/mol. The third-order valence-electron chi connectivity index (χ3n) is 2.38. The molecule has 1 N–H and O–H groups in total. The summed E-state index contributed by atoms with van der Waals surface area (Å²) in [7, 11) is 2.15. The number of nitrogens with zero attached hydrogens (tertiary/aromatic N) is 1. The molecule has 0 aromatic carbocycles. The van der Waals surface area contributed by atoms with Gasteiger partial charge in [-0.1, -0.05) is 6.92 Å². The highest BCUT2D eigenvalue weighted by atomic mass is 79.9. The van der Waals surface area contributed by atoms with Crippen molar-refractivity contribution in [2.24, 2.45) is 0 Å². The van der Waals surface area contributed by atoms with Crippen molar-refractivity contribution in [2.45, 2.75) is 26.4 Å². The van der Waals surface area contributed by atoms with E-state index in [1.165, 1.54) is 8.66 Å². The molecule has 1 aromatic rings. The van der Waals surface area contributed by atoms with Crippen LogP contribution in [0.25, 0.3) is 0 Å². The van der Waals surface area contributed by atoms with Crippen molar-refractivity contribution < 1.29 is 0 Å². The minimum absolute atomic E-state index is 0.538.